The van der Waals surface area contributed by atoms with Crippen molar-refractivity contribution in [1.29, 1.82) is 0 Å². The third kappa shape index (κ3) is 3.38. The molecule has 1 unspecified atom stereocenters. The van der Waals surface area contributed by atoms with E-state index in [0.717, 1.165) is 10.2 Å². The van der Waals surface area contributed by atoms with Gasteiger partial charge in [-0.1, -0.05) is 23.2 Å². The molecule has 0 amide bonds. The smallest absolute Gasteiger partial charge is 0.0638 e. The Hall–Kier alpha value is -0.220. The van der Waals surface area contributed by atoms with Crippen molar-refractivity contribution in [2.75, 3.05) is 5.32 Å². The average Bonchev–Trinajstić information content (AvgIpc) is 2.70. The minimum absolute atomic E-state index is 0.197. The van der Waals surface area contributed by atoms with Crippen LogP contribution in [0.3, 0.4) is 0 Å². The molecule has 0 aliphatic rings. The van der Waals surface area contributed by atoms with Gasteiger partial charge in [-0.15, -0.1) is 11.3 Å². The van der Waals surface area contributed by atoms with E-state index in [0.29, 0.717) is 10.0 Å². The van der Waals surface area contributed by atoms with Gasteiger partial charge in [0.25, 0.3) is 0 Å². The van der Waals surface area contributed by atoms with E-state index in [1.54, 1.807) is 23.5 Å². The maximum absolute atomic E-state index is 6.11. The van der Waals surface area contributed by atoms with E-state index in [-0.39, 0.29) is 6.04 Å². The lowest BCUT2D eigenvalue weighted by atomic mass is 10.2. The minimum atomic E-state index is 0.197. The van der Waals surface area contributed by atoms with Crippen LogP contribution in [0.15, 0.2) is 34.1 Å². The second-order valence-corrected chi connectivity index (χ2v) is 6.36. The van der Waals surface area contributed by atoms with E-state index < -0.39 is 0 Å². The maximum atomic E-state index is 6.11. The topological polar surface area (TPSA) is 12.0 Å². The molecule has 1 N–H and O–H groups in total. The Morgan fingerprint density at radius 1 is 1.29 bits per heavy atom. The number of anilines is 1. The third-order valence-electron chi connectivity index (χ3n) is 2.31. The molecule has 1 aromatic carbocycles. The van der Waals surface area contributed by atoms with E-state index in [4.69, 9.17) is 23.2 Å². The highest BCUT2D eigenvalue weighted by atomic mass is 79.9. The minimum Gasteiger partial charge on any atom is -0.376 e. The number of thiophene rings is 1. The SMILES string of the molecule is CC(Nc1cc(Cl)ccc1Cl)c1cc(Br)cs1. The first-order valence-corrected chi connectivity index (χ1v) is 7.44. The fourth-order valence-corrected chi connectivity index (χ4v) is 3.27. The zero-order valence-corrected chi connectivity index (χ0v) is 12.9. The Balaban J connectivity index is 2.18. The Bertz CT molecular complexity index is 527. The second kappa shape index (κ2) is 5.61. The van der Waals surface area contributed by atoms with E-state index in [1.807, 2.05) is 6.07 Å². The van der Waals surface area contributed by atoms with Gasteiger partial charge in [0, 0.05) is 19.8 Å². The van der Waals surface area contributed by atoms with Gasteiger partial charge in [0.15, 0.2) is 0 Å². The average molecular weight is 351 g/mol. The van der Waals surface area contributed by atoms with Gasteiger partial charge in [-0.05, 0) is 47.1 Å². The van der Waals surface area contributed by atoms with Crippen molar-refractivity contribution >= 4 is 56.2 Å². The Morgan fingerprint density at radius 2 is 2.06 bits per heavy atom. The highest BCUT2D eigenvalue weighted by Gasteiger charge is 2.10. The Morgan fingerprint density at radius 3 is 2.71 bits per heavy atom. The molecule has 0 saturated heterocycles. The molecule has 1 nitrogen and oxygen atoms in total. The molecule has 1 aromatic heterocycles. The summed E-state index contributed by atoms with van der Waals surface area (Å²) in [5, 5.41) is 6.77. The predicted octanol–water partition coefficient (Wildman–Crippen LogP) is 5.99. The molecule has 0 aliphatic carbocycles. The van der Waals surface area contributed by atoms with Gasteiger partial charge in [0.1, 0.15) is 0 Å². The van der Waals surface area contributed by atoms with Crippen LogP contribution in [0.5, 0.6) is 0 Å². The van der Waals surface area contributed by atoms with Crippen molar-refractivity contribution in [1.82, 2.24) is 0 Å². The van der Waals surface area contributed by atoms with Gasteiger partial charge in [0.2, 0.25) is 0 Å². The van der Waals surface area contributed by atoms with Gasteiger partial charge < -0.3 is 5.32 Å². The fourth-order valence-electron chi connectivity index (χ4n) is 1.47. The number of hydrogen-bond donors (Lipinski definition) is 1. The summed E-state index contributed by atoms with van der Waals surface area (Å²) >= 11 is 17.2. The number of nitrogens with one attached hydrogen (secondary N) is 1. The molecular weight excluding hydrogens is 341 g/mol. The first-order valence-electron chi connectivity index (χ1n) is 5.02. The van der Waals surface area contributed by atoms with Crippen LogP contribution in [-0.2, 0) is 0 Å². The summed E-state index contributed by atoms with van der Waals surface area (Å²) in [6.07, 6.45) is 0. The molecule has 0 fully saturated rings. The molecule has 2 rings (SSSR count). The van der Waals surface area contributed by atoms with Gasteiger partial charge >= 0.3 is 0 Å². The van der Waals surface area contributed by atoms with Crippen LogP contribution in [-0.4, -0.2) is 0 Å². The van der Waals surface area contributed by atoms with E-state index in [2.05, 4.69) is 39.6 Å². The van der Waals surface area contributed by atoms with Gasteiger partial charge in [-0.2, -0.15) is 0 Å². The largest absolute Gasteiger partial charge is 0.376 e. The third-order valence-corrected chi connectivity index (χ3v) is 4.76. The first-order chi connectivity index (χ1) is 8.06. The van der Waals surface area contributed by atoms with Crippen LogP contribution in [0.4, 0.5) is 5.69 Å². The van der Waals surface area contributed by atoms with Crippen molar-refractivity contribution in [2.45, 2.75) is 13.0 Å². The van der Waals surface area contributed by atoms with Crippen LogP contribution >= 0.6 is 50.5 Å². The van der Waals surface area contributed by atoms with Crippen molar-refractivity contribution in [3.8, 4) is 0 Å². The predicted molar refractivity (Wildman–Crippen MR) is 80.5 cm³/mol. The van der Waals surface area contributed by atoms with E-state index in [9.17, 15) is 0 Å². The molecule has 0 bridgehead atoms. The molecule has 90 valence electrons. The van der Waals surface area contributed by atoms with Gasteiger partial charge in [0.05, 0.1) is 16.8 Å². The lowest BCUT2D eigenvalue weighted by Gasteiger charge is -2.15. The highest BCUT2D eigenvalue weighted by molar-refractivity contribution is 9.10. The number of rotatable bonds is 3. The normalized spacial score (nSPS) is 12.5. The summed E-state index contributed by atoms with van der Waals surface area (Å²) in [6.45, 7) is 2.09. The summed E-state index contributed by atoms with van der Waals surface area (Å²) in [6, 6.07) is 7.71. The molecule has 2 aromatic rings. The molecule has 5 heteroatoms. The number of hydrogen-bond acceptors (Lipinski definition) is 2. The van der Waals surface area contributed by atoms with Crippen LogP contribution in [0, 0.1) is 0 Å². The fraction of sp³-hybridized carbons (Fsp3) is 0.167. The zero-order valence-electron chi connectivity index (χ0n) is 9.01. The standard InChI is InChI=1S/C12H10BrCl2NS/c1-7(12-4-8(13)6-17-12)16-11-5-9(14)2-3-10(11)15/h2-7,16H,1H3. The van der Waals surface area contributed by atoms with Crippen LogP contribution in [0.1, 0.15) is 17.8 Å². The van der Waals surface area contributed by atoms with Crippen LogP contribution < -0.4 is 5.32 Å². The monoisotopic (exact) mass is 349 g/mol. The number of benzene rings is 1. The molecule has 0 radical (unpaired) electrons. The molecule has 1 atom stereocenters. The zero-order chi connectivity index (χ0) is 12.4. The summed E-state index contributed by atoms with van der Waals surface area (Å²) in [5.74, 6) is 0. The molecule has 1 heterocycles. The first kappa shape index (κ1) is 13.2. The van der Waals surface area contributed by atoms with E-state index >= 15 is 0 Å². The molecular formula is C12H10BrCl2NS. The number of halogens is 3. The lowest BCUT2D eigenvalue weighted by Crippen LogP contribution is -2.05. The summed E-state index contributed by atoms with van der Waals surface area (Å²) < 4.78 is 1.10. The van der Waals surface area contributed by atoms with Crippen LogP contribution in [0.25, 0.3) is 0 Å². The summed E-state index contributed by atoms with van der Waals surface area (Å²) in [5.41, 5.74) is 0.858. The van der Waals surface area contributed by atoms with Gasteiger partial charge in [-0.25, -0.2) is 0 Å². The molecule has 17 heavy (non-hydrogen) atoms. The molecule has 0 spiro atoms. The van der Waals surface area contributed by atoms with Crippen molar-refractivity contribution < 1.29 is 0 Å². The maximum Gasteiger partial charge on any atom is 0.0638 e. The quantitative estimate of drug-likeness (QED) is 0.716. The molecule has 0 saturated carbocycles. The summed E-state index contributed by atoms with van der Waals surface area (Å²) in [4.78, 5) is 1.24. The van der Waals surface area contributed by atoms with Crippen LogP contribution in [0.2, 0.25) is 10.0 Å². The van der Waals surface area contributed by atoms with Crippen molar-refractivity contribution in [3.05, 3.63) is 49.0 Å². The van der Waals surface area contributed by atoms with E-state index in [1.165, 1.54) is 4.88 Å². The molecule has 0 aliphatic heterocycles. The second-order valence-electron chi connectivity index (χ2n) is 3.66. The van der Waals surface area contributed by atoms with Crippen molar-refractivity contribution in [3.63, 3.8) is 0 Å². The lowest BCUT2D eigenvalue weighted by molar-refractivity contribution is 0.908. The van der Waals surface area contributed by atoms with Crippen molar-refractivity contribution in [2.24, 2.45) is 0 Å². The Kier molecular flexibility index (Phi) is 4.36. The summed E-state index contributed by atoms with van der Waals surface area (Å²) in [7, 11) is 0. The Labute approximate surface area is 123 Å². The highest BCUT2D eigenvalue weighted by Crippen LogP contribution is 2.31. The van der Waals surface area contributed by atoms with Gasteiger partial charge in [-0.3, -0.25) is 0 Å².